The van der Waals surface area contributed by atoms with E-state index in [1.54, 1.807) is 18.2 Å². The van der Waals surface area contributed by atoms with Gasteiger partial charge in [-0.2, -0.15) is 0 Å². The summed E-state index contributed by atoms with van der Waals surface area (Å²) in [6.45, 7) is 0.226. The fraction of sp³-hybridized carbons (Fsp3) is 0.100. The zero-order valence-corrected chi connectivity index (χ0v) is 17.5. The molecule has 0 spiro atoms. The zero-order chi connectivity index (χ0) is 20.5. The summed E-state index contributed by atoms with van der Waals surface area (Å²) < 4.78 is 2.42. The van der Waals surface area contributed by atoms with Crippen LogP contribution in [-0.2, 0) is 6.54 Å². The molecule has 0 atom stereocenters. The van der Waals surface area contributed by atoms with Crippen LogP contribution in [0.15, 0.2) is 69.5 Å². The number of hydrogen-bond donors (Lipinski definition) is 0. The van der Waals surface area contributed by atoms with Crippen molar-refractivity contribution in [3.63, 3.8) is 0 Å². The van der Waals surface area contributed by atoms with Gasteiger partial charge < -0.3 is 0 Å². The van der Waals surface area contributed by atoms with E-state index in [4.69, 9.17) is 23.2 Å². The first-order valence-corrected chi connectivity index (χ1v) is 10.5. The summed E-state index contributed by atoms with van der Waals surface area (Å²) >= 11 is 13.9. The Hall–Kier alpha value is -2.61. The van der Waals surface area contributed by atoms with Crippen LogP contribution >= 0.6 is 35.0 Å². The predicted molar refractivity (Wildman–Crippen MR) is 117 cm³/mol. The molecule has 0 aliphatic rings. The molecular formula is C20H14Cl2N4O2S. The molecule has 0 unspecified atom stereocenters. The van der Waals surface area contributed by atoms with E-state index in [1.807, 2.05) is 36.6 Å². The smallest absolute Gasteiger partial charge is 0.272 e. The summed E-state index contributed by atoms with van der Waals surface area (Å²) in [6, 6.07) is 14.2. The van der Waals surface area contributed by atoms with Crippen molar-refractivity contribution < 1.29 is 0 Å². The van der Waals surface area contributed by atoms with E-state index in [0.29, 0.717) is 5.16 Å². The molecule has 0 saturated carbocycles. The summed E-state index contributed by atoms with van der Waals surface area (Å²) in [5.41, 5.74) is 0.144. The molecule has 0 fully saturated rings. The number of halogens is 2. The van der Waals surface area contributed by atoms with Crippen molar-refractivity contribution in [3.05, 3.63) is 91.2 Å². The zero-order valence-electron chi connectivity index (χ0n) is 15.2. The van der Waals surface area contributed by atoms with Crippen molar-refractivity contribution in [2.75, 3.05) is 6.26 Å². The number of hydrogen-bond acceptors (Lipinski definition) is 5. The molecule has 4 rings (SSSR count). The number of para-hydroxylation sites is 1. The molecule has 6 nitrogen and oxygen atoms in total. The minimum Gasteiger partial charge on any atom is -0.272 e. The molecule has 0 radical (unpaired) electrons. The highest BCUT2D eigenvalue weighted by atomic mass is 35.5. The minimum atomic E-state index is -0.577. The first-order valence-electron chi connectivity index (χ1n) is 8.56. The van der Waals surface area contributed by atoms with Crippen LogP contribution in [0, 0.1) is 0 Å². The molecule has 9 heteroatoms. The van der Waals surface area contributed by atoms with Crippen LogP contribution in [0.1, 0.15) is 5.56 Å². The van der Waals surface area contributed by atoms with Crippen molar-refractivity contribution in [1.82, 2.24) is 19.1 Å². The van der Waals surface area contributed by atoms with E-state index < -0.39 is 11.2 Å². The molecule has 2 aromatic carbocycles. The number of fused-ring (bicyclic) bond motifs is 1. The molecule has 0 aliphatic heterocycles. The highest BCUT2D eigenvalue weighted by Crippen LogP contribution is 2.26. The van der Waals surface area contributed by atoms with Gasteiger partial charge in [-0.15, -0.1) is 0 Å². The fourth-order valence-corrected chi connectivity index (χ4v) is 3.94. The lowest BCUT2D eigenvalue weighted by Crippen LogP contribution is -2.40. The second-order valence-electron chi connectivity index (χ2n) is 6.16. The van der Waals surface area contributed by atoms with Crippen LogP contribution in [-0.4, -0.2) is 25.4 Å². The first kappa shape index (κ1) is 19.7. The van der Waals surface area contributed by atoms with E-state index in [-0.39, 0.29) is 33.3 Å². The Labute approximate surface area is 179 Å². The Morgan fingerprint density at radius 2 is 1.69 bits per heavy atom. The van der Waals surface area contributed by atoms with Crippen LogP contribution in [0.2, 0.25) is 10.0 Å². The molecule has 0 N–H and O–H groups in total. The normalized spacial score (nSPS) is 11.1. The van der Waals surface area contributed by atoms with Crippen molar-refractivity contribution in [2.24, 2.45) is 0 Å². The average Bonchev–Trinajstić information content (AvgIpc) is 2.73. The van der Waals surface area contributed by atoms with E-state index >= 15 is 0 Å². The maximum Gasteiger partial charge on any atom is 0.337 e. The van der Waals surface area contributed by atoms with Crippen LogP contribution in [0.4, 0.5) is 0 Å². The highest BCUT2D eigenvalue weighted by molar-refractivity contribution is 7.98. The van der Waals surface area contributed by atoms with Crippen molar-refractivity contribution in [1.29, 1.82) is 0 Å². The van der Waals surface area contributed by atoms with Gasteiger partial charge in [-0.05, 0) is 24.0 Å². The summed E-state index contributed by atoms with van der Waals surface area (Å²) in [5, 5.41) is 1.06. The molecular weight excluding hydrogens is 431 g/mol. The lowest BCUT2D eigenvalue weighted by molar-refractivity contribution is 0.699. The Bertz CT molecular complexity index is 1320. The summed E-state index contributed by atoms with van der Waals surface area (Å²) in [5.74, 6) is 0. The second kappa shape index (κ2) is 8.02. The number of rotatable bonds is 4. The number of benzene rings is 2. The molecule has 4 aromatic rings. The monoisotopic (exact) mass is 444 g/mol. The Morgan fingerprint density at radius 1 is 1.00 bits per heavy atom. The van der Waals surface area contributed by atoms with Crippen LogP contribution in [0.25, 0.3) is 16.7 Å². The van der Waals surface area contributed by atoms with E-state index in [0.717, 1.165) is 10.1 Å². The van der Waals surface area contributed by atoms with Crippen LogP contribution in [0.3, 0.4) is 0 Å². The Balaban J connectivity index is 2.11. The van der Waals surface area contributed by atoms with Gasteiger partial charge in [0.1, 0.15) is 5.39 Å². The molecule has 146 valence electrons. The molecule has 0 aliphatic carbocycles. The Kier molecular flexibility index (Phi) is 5.45. The molecule has 0 bridgehead atoms. The summed E-state index contributed by atoms with van der Waals surface area (Å²) in [4.78, 5) is 35.3. The van der Waals surface area contributed by atoms with Gasteiger partial charge in [0, 0.05) is 6.20 Å². The topological polar surface area (TPSA) is 69.8 Å². The standard InChI is InChI=1S/C20H14Cl2N4O2S/c1-29-19-23-10-13-17(24-19)25(11-12-6-3-2-4-7-12)20(28)26(18(13)27)16-14(21)8-5-9-15(16)22/h2-10H,11H2,1H3. The van der Waals surface area contributed by atoms with Gasteiger partial charge >= 0.3 is 5.69 Å². The third-order valence-corrected chi connectivity index (χ3v) is 5.56. The van der Waals surface area contributed by atoms with Gasteiger partial charge in [0.2, 0.25) is 0 Å². The van der Waals surface area contributed by atoms with E-state index in [9.17, 15) is 9.59 Å². The third kappa shape index (κ3) is 3.57. The highest BCUT2D eigenvalue weighted by Gasteiger charge is 2.20. The van der Waals surface area contributed by atoms with E-state index in [1.165, 1.54) is 22.5 Å². The summed E-state index contributed by atoms with van der Waals surface area (Å²) in [7, 11) is 0. The predicted octanol–water partition coefficient (Wildman–Crippen LogP) is 4.02. The largest absolute Gasteiger partial charge is 0.337 e. The number of nitrogens with zero attached hydrogens (tertiary/aromatic N) is 4. The minimum absolute atomic E-state index is 0.142. The SMILES string of the molecule is CSc1ncc2c(=O)n(-c3c(Cl)cccc3Cl)c(=O)n(Cc3ccccc3)c2n1. The fourth-order valence-electron chi connectivity index (χ4n) is 3.04. The number of aromatic nitrogens is 4. The maximum absolute atomic E-state index is 13.5. The van der Waals surface area contributed by atoms with Gasteiger partial charge in [-0.3, -0.25) is 9.36 Å². The Morgan fingerprint density at radius 3 is 2.34 bits per heavy atom. The van der Waals surface area contributed by atoms with Gasteiger partial charge in [0.25, 0.3) is 5.56 Å². The van der Waals surface area contributed by atoms with Gasteiger partial charge in [-0.1, -0.05) is 71.4 Å². The maximum atomic E-state index is 13.5. The molecule has 0 amide bonds. The first-order chi connectivity index (χ1) is 14.0. The average molecular weight is 445 g/mol. The quantitative estimate of drug-likeness (QED) is 0.351. The molecule has 2 heterocycles. The van der Waals surface area contributed by atoms with Gasteiger partial charge in [-0.25, -0.2) is 19.3 Å². The van der Waals surface area contributed by atoms with E-state index in [2.05, 4.69) is 9.97 Å². The molecule has 0 saturated heterocycles. The van der Waals surface area contributed by atoms with Gasteiger partial charge in [0.15, 0.2) is 10.8 Å². The lowest BCUT2D eigenvalue weighted by Gasteiger charge is -2.15. The van der Waals surface area contributed by atoms with Gasteiger partial charge in [0.05, 0.1) is 22.3 Å². The summed E-state index contributed by atoms with van der Waals surface area (Å²) in [6.07, 6.45) is 3.25. The molecule has 29 heavy (non-hydrogen) atoms. The lowest BCUT2D eigenvalue weighted by atomic mass is 10.2. The van der Waals surface area contributed by atoms with Crippen molar-refractivity contribution in [3.8, 4) is 5.69 Å². The van der Waals surface area contributed by atoms with Crippen molar-refractivity contribution >= 4 is 46.0 Å². The van der Waals surface area contributed by atoms with Crippen molar-refractivity contribution in [2.45, 2.75) is 11.7 Å². The second-order valence-corrected chi connectivity index (χ2v) is 7.75. The van der Waals surface area contributed by atoms with Crippen LogP contribution in [0.5, 0.6) is 0 Å². The van der Waals surface area contributed by atoms with Crippen LogP contribution < -0.4 is 11.2 Å². The number of thioether (sulfide) groups is 1. The molecule has 2 aromatic heterocycles. The third-order valence-electron chi connectivity index (χ3n) is 4.39.